The van der Waals surface area contributed by atoms with Crippen molar-refractivity contribution in [1.82, 2.24) is 101 Å². The lowest BCUT2D eigenvalue weighted by Crippen LogP contribution is -2.64. The maximum Gasteiger partial charge on any atom is 0.498 e. The zero-order valence-corrected chi connectivity index (χ0v) is 88.5. The molecule has 0 spiro atoms. The van der Waals surface area contributed by atoms with E-state index in [1.54, 1.807) is 73.5 Å². The lowest BCUT2D eigenvalue weighted by molar-refractivity contribution is 0.00578. The van der Waals surface area contributed by atoms with Crippen LogP contribution in [0.3, 0.4) is 0 Å². The molecule has 4 aliphatic rings. The van der Waals surface area contributed by atoms with Gasteiger partial charge in [0, 0.05) is 240 Å². The van der Waals surface area contributed by atoms with E-state index in [1.165, 1.54) is 31.1 Å². The Bertz CT molecular complexity index is 6880. The van der Waals surface area contributed by atoms with E-state index >= 15 is 0 Å². The molecule has 4 N–H and O–H groups in total. The van der Waals surface area contributed by atoms with Gasteiger partial charge in [-0.3, -0.25) is 19.6 Å². The number of hydrogen-bond acceptors (Lipinski definition) is 23. The summed E-state index contributed by atoms with van der Waals surface area (Å²) in [6.45, 7) is 40.0. The van der Waals surface area contributed by atoms with Crippen molar-refractivity contribution >= 4 is 154 Å². The number of rotatable bonds is 29. The number of pyridine rings is 5. The summed E-state index contributed by atoms with van der Waals surface area (Å²) in [5, 5.41) is 54.8. The molecule has 14 aromatic rings. The largest absolute Gasteiger partial charge is 0.498 e. The minimum absolute atomic E-state index is 0.0494. The second-order valence-electron chi connectivity index (χ2n) is 38.3. The number of aromatic amines is 4. The van der Waals surface area contributed by atoms with Crippen molar-refractivity contribution in [3.8, 4) is 51.6 Å². The molecule has 4 fully saturated rings. The maximum atomic E-state index is 12.2. The third-order valence-electron chi connectivity index (χ3n) is 24.1. The van der Waals surface area contributed by atoms with Crippen LogP contribution < -0.4 is 5.46 Å². The van der Waals surface area contributed by atoms with Crippen molar-refractivity contribution in [1.29, 1.82) is 15.8 Å². The fraction of sp³-hybridized carbons (Fsp3) is 0.435. The molecule has 4 aliphatic heterocycles. The standard InChI is InChI=1S/C23H32N6O3SSi.C17H18N6O2S.C16H22N4OSi.C13H19BrN2OSi.C9H15BN2O2.C7H5BrN2.C7H10N2O2S/c1-5-33(30,31)28-16-23(17-28,8-9-24)29-15-19(14-26-29)20-6-10-25-22-21(20)7-11-27(22)18-32-12-13-34(2,3)4;1-2-26(24,25)22-11-17(12-22,5-6-18)23-10-13(9-21-23)14-3-7-19-16-15(14)4-8-20-16;1-22(2,3)9-8-21-12-20-7-5-15-14(4-6-17-16(15)20)13-10-18-19-11-13;1-18(2,3)9-8-17-10-16-7-5-11-12(14)4-6-15-13(11)16;1-8(2)9(3,4)14-10(13-8)7-5-11-12-6-7;8-6-2-4-10-7-5(6)1-3-9-7;1-2-12(10,11)9-5-7(6-9)3-4-8/h6-7,10-11,14-15H,5,8,12-13,16-18H2,1-4H3;3-4,7-10H,2,5,11-12H2,1H3,(H,19,20);4-7,10-11H,8-9,12H2,1-3H3,(H,18,19);4-7H,8-10H2,1-3H3;5-6H,1-4H3,(H,11,12);1-4H,(H,9,10);3H,2,5-6H2,1H3. The van der Waals surface area contributed by atoms with E-state index in [9.17, 15) is 35.8 Å². The number of fused-ring (bicyclic) bond motifs is 5. The fourth-order valence-corrected chi connectivity index (χ4v) is 21.6. The zero-order valence-electron chi connectivity index (χ0n) is 79.9. The summed E-state index contributed by atoms with van der Waals surface area (Å²) in [5.41, 5.74) is 10.5. The van der Waals surface area contributed by atoms with E-state index in [0.29, 0.717) is 33.3 Å². The van der Waals surface area contributed by atoms with Gasteiger partial charge < -0.3 is 47.2 Å². The molecule has 0 bridgehead atoms. The molecule has 0 aliphatic carbocycles. The maximum absolute atomic E-state index is 12.2. The van der Waals surface area contributed by atoms with Gasteiger partial charge in [0.15, 0.2) is 0 Å². The highest BCUT2D eigenvalue weighted by molar-refractivity contribution is 9.11. The van der Waals surface area contributed by atoms with Gasteiger partial charge in [-0.15, -0.1) is 0 Å². The van der Waals surface area contributed by atoms with E-state index in [4.69, 9.17) is 28.8 Å². The number of allylic oxidation sites excluding steroid dienone is 1. The summed E-state index contributed by atoms with van der Waals surface area (Å²) in [7, 11) is -13.1. The Labute approximate surface area is 815 Å². The summed E-state index contributed by atoms with van der Waals surface area (Å²) in [5.74, 6) is 0.239. The summed E-state index contributed by atoms with van der Waals surface area (Å²) < 4.78 is 116. The molecule has 44 heteroatoms. The van der Waals surface area contributed by atoms with Crippen LogP contribution in [0.25, 0.3) is 88.5 Å². The molecule has 14 aromatic heterocycles. The van der Waals surface area contributed by atoms with Gasteiger partial charge in [0.2, 0.25) is 30.1 Å². The van der Waals surface area contributed by atoms with Crippen molar-refractivity contribution in [2.75, 3.05) is 76.3 Å². The molecule has 35 nitrogen and oxygen atoms in total. The second-order valence-corrected chi connectivity index (χ2v) is 63.6. The molecular formula is C92H121BBr2N24O11S3Si3. The highest BCUT2D eigenvalue weighted by Gasteiger charge is 2.53. The van der Waals surface area contributed by atoms with Crippen molar-refractivity contribution < 1.29 is 48.8 Å². The van der Waals surface area contributed by atoms with Gasteiger partial charge in [0.05, 0.1) is 78.1 Å². The second kappa shape index (κ2) is 44.7. The Morgan fingerprint density at radius 2 is 0.860 bits per heavy atom. The van der Waals surface area contributed by atoms with Crippen LogP contribution in [-0.2, 0) is 84.9 Å². The Morgan fingerprint density at radius 3 is 1.27 bits per heavy atom. The van der Waals surface area contributed by atoms with Crippen molar-refractivity contribution in [2.45, 2.75) is 181 Å². The first-order valence-corrected chi connectivity index (χ1v) is 62.4. The zero-order chi connectivity index (χ0) is 98.2. The van der Waals surface area contributed by atoms with Gasteiger partial charge in [-0.2, -0.15) is 49.1 Å². The first kappa shape index (κ1) is 105. The van der Waals surface area contributed by atoms with Gasteiger partial charge in [-0.25, -0.2) is 50.2 Å². The topological polar surface area (TPSA) is 433 Å². The first-order chi connectivity index (χ1) is 64.5. The van der Waals surface area contributed by atoms with Crippen LogP contribution >= 0.6 is 31.9 Å². The highest BCUT2D eigenvalue weighted by atomic mass is 79.9. The minimum Gasteiger partial charge on any atom is -0.399 e. The van der Waals surface area contributed by atoms with E-state index in [1.807, 2.05) is 160 Å². The molecule has 18 heterocycles. The molecule has 0 saturated carbocycles. The monoisotopic (exact) mass is 2090 g/mol. The molecular weight excluding hydrogens is 1970 g/mol. The Kier molecular flexibility index (Phi) is 34.4. The number of ether oxygens (including phenoxy) is 3. The number of hydrogen-bond donors (Lipinski definition) is 4. The van der Waals surface area contributed by atoms with Crippen molar-refractivity contribution in [3.63, 3.8) is 0 Å². The molecule has 0 aromatic carbocycles. The molecule has 0 unspecified atom stereocenters. The number of H-pyrrole nitrogens is 4. The van der Waals surface area contributed by atoms with E-state index in [2.05, 4.69) is 185 Å². The average Bonchev–Trinajstić information content (AvgIpc) is 1.53. The van der Waals surface area contributed by atoms with Crippen LogP contribution in [0.1, 0.15) is 61.3 Å². The average molecular weight is 2090 g/mol. The Balaban J connectivity index is 0.000000148. The van der Waals surface area contributed by atoms with Crippen molar-refractivity contribution in [3.05, 3.63) is 193 Å². The van der Waals surface area contributed by atoms with Crippen molar-refractivity contribution in [2.24, 2.45) is 0 Å². The Morgan fingerprint density at radius 1 is 0.478 bits per heavy atom. The molecule has 722 valence electrons. The van der Waals surface area contributed by atoms with Crippen LogP contribution in [0.4, 0.5) is 0 Å². The fourth-order valence-electron chi connectivity index (χ4n) is 14.9. The number of nitriles is 3. The van der Waals surface area contributed by atoms with Crippen LogP contribution in [0.5, 0.6) is 0 Å². The summed E-state index contributed by atoms with van der Waals surface area (Å²) in [6.07, 6.45) is 35.0. The molecule has 136 heavy (non-hydrogen) atoms. The van der Waals surface area contributed by atoms with Gasteiger partial charge in [0.25, 0.3) is 0 Å². The van der Waals surface area contributed by atoms with Crippen LogP contribution in [-0.4, -0.2) is 246 Å². The smallest absolute Gasteiger partial charge is 0.399 e. The van der Waals surface area contributed by atoms with Gasteiger partial charge in [-0.1, -0.05) is 58.9 Å². The predicted octanol–water partition coefficient (Wildman–Crippen LogP) is 16.2. The number of nitrogens with zero attached hydrogens (tertiary/aromatic N) is 20. The quantitative estimate of drug-likeness (QED) is 0.0192. The minimum atomic E-state index is -3.29. The highest BCUT2D eigenvalue weighted by Crippen LogP contribution is 2.41. The summed E-state index contributed by atoms with van der Waals surface area (Å²) >= 11 is 6.95. The number of aromatic nitrogens is 18. The lowest BCUT2D eigenvalue weighted by atomic mass is 9.82. The van der Waals surface area contributed by atoms with Gasteiger partial charge in [0.1, 0.15) is 59.5 Å². The third-order valence-corrected chi connectivity index (χ3v) is 35.9. The molecule has 4 saturated heterocycles. The molecule has 0 atom stereocenters. The van der Waals surface area contributed by atoms with Gasteiger partial charge >= 0.3 is 7.12 Å². The first-order valence-electron chi connectivity index (χ1n) is 44.9. The van der Waals surface area contributed by atoms with Crippen LogP contribution in [0.2, 0.25) is 77.1 Å². The lowest BCUT2D eigenvalue weighted by Gasteiger charge is -2.47. The Hall–Kier alpha value is -10.3. The summed E-state index contributed by atoms with van der Waals surface area (Å²) in [6, 6.07) is 29.7. The number of halogens is 2. The number of nitrogens with one attached hydrogen (secondary N) is 4. The molecule has 0 radical (unpaired) electrons. The molecule has 18 rings (SSSR count). The normalized spacial score (nSPS) is 15.8. The third kappa shape index (κ3) is 26.0. The van der Waals surface area contributed by atoms with E-state index in [0.717, 1.165) is 134 Å². The SMILES string of the molecule is Brc1ccnc2[nH]ccc12.CC1(C)OB(c2cn[nH]c2)OC1(C)C.CCS(=O)(=O)N1CC(=CC#N)C1.CCS(=O)(=O)N1CC(CC#N)(n2cc(-c3ccnc4[nH]ccc34)cn2)C1.CCS(=O)(=O)N1CC(CC#N)(n2cc(-c3ccnc4c3ccn4COCC[Si](C)(C)C)cn2)C1.C[Si](C)(C)CCOCn1ccc2c(-c3cn[nH]c3)ccnc21.C[Si](C)(C)CCOCn1ccc2c(Br)ccnc21. The summed E-state index contributed by atoms with van der Waals surface area (Å²) in [4.78, 5) is 28.0. The predicted molar refractivity (Wildman–Crippen MR) is 547 cm³/mol. The van der Waals surface area contributed by atoms with Gasteiger partial charge in [-0.05, 0) is 181 Å². The number of sulfonamides is 3. The van der Waals surface area contributed by atoms with Crippen LogP contribution in [0, 0.1) is 34.0 Å². The van der Waals surface area contributed by atoms with Crippen LogP contribution in [0.15, 0.2) is 193 Å². The van der Waals surface area contributed by atoms with E-state index < -0.39 is 65.4 Å². The van der Waals surface area contributed by atoms with E-state index in [-0.39, 0.29) is 74.6 Å². The molecule has 0 amide bonds.